The molecule has 2 aliphatic carbocycles. The molecule has 3 aromatic carbocycles. The minimum Gasteiger partial charge on any atom is -0.478 e. The number of carbonyl (C=O) groups is 5. The molecule has 4 aliphatic rings. The second-order valence-electron chi connectivity index (χ2n) is 15.2. The van der Waals surface area contributed by atoms with Crippen LogP contribution < -0.4 is 4.90 Å². The molecule has 7 rings (SSSR count). The Balaban J connectivity index is 1.31. The number of imide groups is 2. The molecule has 0 unspecified atom stereocenters. The zero-order valence-corrected chi connectivity index (χ0v) is 29.3. The maximum atomic E-state index is 15.3. The van der Waals surface area contributed by atoms with Crippen LogP contribution in [0.3, 0.4) is 0 Å². The van der Waals surface area contributed by atoms with Crippen LogP contribution in [0.5, 0.6) is 0 Å². The highest BCUT2D eigenvalue weighted by Crippen LogP contribution is 2.57. The van der Waals surface area contributed by atoms with E-state index in [0.29, 0.717) is 85.1 Å². The van der Waals surface area contributed by atoms with Crippen LogP contribution in [0.15, 0.2) is 54.6 Å². The second-order valence-corrected chi connectivity index (χ2v) is 15.2. The number of anilines is 1. The van der Waals surface area contributed by atoms with Gasteiger partial charge in [0.15, 0.2) is 0 Å². The topological polar surface area (TPSA) is 112 Å². The number of nitrogens with zero attached hydrogens (tertiary/aromatic N) is 2. The van der Waals surface area contributed by atoms with E-state index in [4.69, 9.17) is 0 Å². The average Bonchev–Trinajstić information content (AvgIpc) is 3.51. The number of carboxylic acids is 1. The van der Waals surface area contributed by atoms with Gasteiger partial charge in [0.05, 0.1) is 33.5 Å². The molecule has 0 atom stereocenters. The molecule has 0 radical (unpaired) electrons. The molecule has 2 saturated carbocycles. The largest absolute Gasteiger partial charge is 0.478 e. The molecule has 3 aromatic rings. The van der Waals surface area contributed by atoms with Crippen molar-refractivity contribution in [2.75, 3.05) is 4.90 Å². The van der Waals surface area contributed by atoms with Crippen LogP contribution in [0.4, 0.5) is 32.0 Å². The summed E-state index contributed by atoms with van der Waals surface area (Å²) < 4.78 is 91.8. The highest BCUT2D eigenvalue weighted by molar-refractivity contribution is 6.34. The number of rotatable bonds is 6. The van der Waals surface area contributed by atoms with Gasteiger partial charge >= 0.3 is 18.3 Å². The summed E-state index contributed by atoms with van der Waals surface area (Å²) in [5.74, 6) is -4.70. The van der Waals surface area contributed by atoms with Gasteiger partial charge in [-0.2, -0.15) is 26.3 Å². The number of amides is 4. The van der Waals surface area contributed by atoms with Gasteiger partial charge < -0.3 is 5.11 Å². The van der Waals surface area contributed by atoms with Crippen LogP contribution in [0, 0.1) is 11.8 Å². The van der Waals surface area contributed by atoms with Crippen LogP contribution >= 0.6 is 0 Å². The lowest BCUT2D eigenvalue weighted by atomic mass is 9.71. The molecule has 2 fully saturated rings. The monoisotopic (exact) mass is 754 g/mol. The second kappa shape index (κ2) is 13.1. The van der Waals surface area contributed by atoms with Gasteiger partial charge in [-0.05, 0) is 115 Å². The Morgan fingerprint density at radius 2 is 1.07 bits per heavy atom. The Labute approximate surface area is 306 Å². The average molecular weight is 755 g/mol. The molecule has 4 amide bonds. The van der Waals surface area contributed by atoms with Crippen LogP contribution in [0.25, 0.3) is 0 Å². The minimum atomic E-state index is -6.11. The first-order valence-corrected chi connectivity index (χ1v) is 17.9. The van der Waals surface area contributed by atoms with E-state index >= 15 is 26.3 Å². The smallest absolute Gasteiger partial charge is 0.411 e. The van der Waals surface area contributed by atoms with Gasteiger partial charge in [-0.25, -0.2) is 9.69 Å². The predicted octanol–water partition coefficient (Wildman–Crippen LogP) is 9.06. The molecule has 14 heteroatoms. The van der Waals surface area contributed by atoms with E-state index in [-0.39, 0.29) is 22.7 Å². The third kappa shape index (κ3) is 5.79. The lowest BCUT2D eigenvalue weighted by molar-refractivity contribution is -0.288. The standard InChI is InChI=1S/C40H36F6N2O6/c1-20-3-7-22(8-4-20)23-15-24(37(53)54)17-28(16-23)48-34(50)30-14-10-26(19-32(30)36(48)52)38(39(41,42)43,40(44,45)46)25-9-13-29-31(18-25)35(51)47(33(29)49)27-11-5-21(2)6-12-27/h9-10,13-22,27H,3-8,11-12H2,1-2H3,(H,53,54). The lowest BCUT2D eigenvalue weighted by Crippen LogP contribution is -2.55. The quantitative estimate of drug-likeness (QED) is 0.199. The van der Waals surface area contributed by atoms with Gasteiger partial charge in [-0.3, -0.25) is 24.1 Å². The van der Waals surface area contributed by atoms with E-state index in [0.717, 1.165) is 35.9 Å². The van der Waals surface area contributed by atoms with Crippen molar-refractivity contribution in [2.45, 2.75) is 94.9 Å². The molecule has 0 saturated heterocycles. The molecule has 0 spiro atoms. The van der Waals surface area contributed by atoms with Crippen molar-refractivity contribution in [3.8, 4) is 0 Å². The number of fused-ring (bicyclic) bond motifs is 2. The van der Waals surface area contributed by atoms with Crippen molar-refractivity contribution in [3.05, 3.63) is 99.1 Å². The number of hydrogen-bond donors (Lipinski definition) is 1. The Kier molecular flexibility index (Phi) is 9.04. The van der Waals surface area contributed by atoms with Crippen LogP contribution in [-0.2, 0) is 5.41 Å². The van der Waals surface area contributed by atoms with Crippen molar-refractivity contribution in [3.63, 3.8) is 0 Å². The summed E-state index contributed by atoms with van der Waals surface area (Å²) in [4.78, 5) is 67.9. The normalized spacial score (nSPS) is 23.6. The van der Waals surface area contributed by atoms with Gasteiger partial charge in [0, 0.05) is 6.04 Å². The predicted molar refractivity (Wildman–Crippen MR) is 183 cm³/mol. The molecule has 2 heterocycles. The van der Waals surface area contributed by atoms with E-state index in [1.54, 1.807) is 0 Å². The van der Waals surface area contributed by atoms with Crippen molar-refractivity contribution in [1.82, 2.24) is 4.90 Å². The van der Waals surface area contributed by atoms with Crippen molar-refractivity contribution in [2.24, 2.45) is 11.8 Å². The van der Waals surface area contributed by atoms with Crippen molar-refractivity contribution < 1.29 is 55.4 Å². The zero-order chi connectivity index (χ0) is 39.1. The number of halogens is 6. The molecule has 284 valence electrons. The highest BCUT2D eigenvalue weighted by Gasteiger charge is 2.73. The van der Waals surface area contributed by atoms with Crippen LogP contribution in [0.2, 0.25) is 0 Å². The summed E-state index contributed by atoms with van der Waals surface area (Å²) in [5, 5.41) is 9.84. The fourth-order valence-electron chi connectivity index (χ4n) is 8.73. The number of benzene rings is 3. The lowest BCUT2D eigenvalue weighted by Gasteiger charge is -2.38. The summed E-state index contributed by atoms with van der Waals surface area (Å²) in [6.07, 6.45) is -6.77. The number of alkyl halides is 6. The number of aromatic carboxylic acids is 1. The molecule has 8 nitrogen and oxygen atoms in total. The first-order valence-electron chi connectivity index (χ1n) is 17.9. The fourth-order valence-corrected chi connectivity index (χ4v) is 8.73. The Morgan fingerprint density at radius 1 is 0.611 bits per heavy atom. The SMILES string of the molecule is CC1CCC(c2cc(C(=O)O)cc(N3C(=O)c4ccc(C(c5ccc6c(c5)C(=O)N(C5CCC(C)CC5)C6=O)(C(F)(F)F)C(F)(F)F)cc4C3=O)c2)CC1. The molecule has 0 aromatic heterocycles. The van der Waals surface area contributed by atoms with Gasteiger partial charge in [0.2, 0.25) is 5.41 Å². The highest BCUT2D eigenvalue weighted by atomic mass is 19.4. The Morgan fingerprint density at radius 3 is 1.59 bits per heavy atom. The van der Waals surface area contributed by atoms with E-state index < -0.39 is 81.2 Å². The maximum Gasteiger partial charge on any atom is 0.411 e. The number of hydrogen-bond acceptors (Lipinski definition) is 5. The van der Waals surface area contributed by atoms with Gasteiger partial charge in [-0.1, -0.05) is 38.8 Å². The molecule has 0 bridgehead atoms. The molecule has 2 aliphatic heterocycles. The Bertz CT molecular complexity index is 2080. The third-order valence-electron chi connectivity index (χ3n) is 11.8. The first-order chi connectivity index (χ1) is 25.3. The summed E-state index contributed by atoms with van der Waals surface area (Å²) in [6, 6.07) is 6.78. The number of carboxylic acid groups (broad SMARTS) is 1. The molecule has 1 N–H and O–H groups in total. The van der Waals surface area contributed by atoms with Crippen LogP contribution in [0.1, 0.15) is 140 Å². The summed E-state index contributed by atoms with van der Waals surface area (Å²) >= 11 is 0. The molecular formula is C40H36F6N2O6. The van der Waals surface area contributed by atoms with E-state index in [9.17, 15) is 29.1 Å². The molecule has 54 heavy (non-hydrogen) atoms. The van der Waals surface area contributed by atoms with Crippen molar-refractivity contribution >= 4 is 35.3 Å². The molecular weight excluding hydrogens is 718 g/mol. The maximum absolute atomic E-state index is 15.3. The summed E-state index contributed by atoms with van der Waals surface area (Å²) in [7, 11) is 0. The van der Waals surface area contributed by atoms with E-state index in [1.165, 1.54) is 12.1 Å². The first kappa shape index (κ1) is 37.3. The zero-order valence-electron chi connectivity index (χ0n) is 29.3. The van der Waals surface area contributed by atoms with Gasteiger partial charge in [0.1, 0.15) is 0 Å². The Hall–Kier alpha value is -5.01. The number of carbonyl (C=O) groups excluding carboxylic acids is 4. The van der Waals surface area contributed by atoms with E-state index in [2.05, 4.69) is 6.92 Å². The minimum absolute atomic E-state index is 0.0897. The van der Waals surface area contributed by atoms with Gasteiger partial charge in [-0.15, -0.1) is 0 Å². The van der Waals surface area contributed by atoms with E-state index in [1.807, 2.05) is 6.92 Å². The fraction of sp³-hybridized carbons (Fsp3) is 0.425. The van der Waals surface area contributed by atoms with Crippen LogP contribution in [-0.4, -0.2) is 58.0 Å². The summed E-state index contributed by atoms with van der Waals surface area (Å²) in [5.41, 5.74) is -9.61. The summed E-state index contributed by atoms with van der Waals surface area (Å²) in [6.45, 7) is 4.09. The van der Waals surface area contributed by atoms with Gasteiger partial charge in [0.25, 0.3) is 23.6 Å². The van der Waals surface area contributed by atoms with Crippen molar-refractivity contribution in [1.29, 1.82) is 0 Å². The third-order valence-corrected chi connectivity index (χ3v) is 11.8.